The zero-order valence-electron chi connectivity index (χ0n) is 13.1. The van der Waals surface area contributed by atoms with Crippen molar-refractivity contribution in [3.05, 3.63) is 0 Å². The monoisotopic (exact) mass is 286 g/mol. The molecular formula is C16H34N2S. The van der Waals surface area contributed by atoms with E-state index in [1.54, 1.807) is 0 Å². The average Bonchev–Trinajstić information content (AvgIpc) is 2.75. The second-order valence-electron chi connectivity index (χ2n) is 5.98. The molecule has 0 spiro atoms. The van der Waals surface area contributed by atoms with Crippen molar-refractivity contribution in [2.45, 2.75) is 70.9 Å². The second-order valence-corrected chi connectivity index (χ2v) is 6.43. The van der Waals surface area contributed by atoms with E-state index >= 15 is 0 Å². The van der Waals surface area contributed by atoms with Gasteiger partial charge in [-0.15, -0.1) is 0 Å². The van der Waals surface area contributed by atoms with E-state index in [0.717, 1.165) is 5.75 Å². The van der Waals surface area contributed by atoms with Crippen LogP contribution in [0.3, 0.4) is 0 Å². The predicted molar refractivity (Wildman–Crippen MR) is 89.1 cm³/mol. The lowest BCUT2D eigenvalue weighted by Crippen LogP contribution is -2.37. The molecule has 0 aromatic heterocycles. The van der Waals surface area contributed by atoms with E-state index in [4.69, 9.17) is 0 Å². The van der Waals surface area contributed by atoms with Gasteiger partial charge in [-0.2, -0.15) is 12.6 Å². The van der Waals surface area contributed by atoms with Crippen LogP contribution in [0.4, 0.5) is 0 Å². The van der Waals surface area contributed by atoms with Crippen molar-refractivity contribution in [3.8, 4) is 0 Å². The van der Waals surface area contributed by atoms with Crippen molar-refractivity contribution >= 4 is 12.6 Å². The first-order chi connectivity index (χ1) is 9.29. The molecule has 0 aliphatic carbocycles. The minimum atomic E-state index is 0.714. The Balaban J connectivity index is 2.13. The zero-order valence-corrected chi connectivity index (χ0v) is 14.0. The van der Waals surface area contributed by atoms with Gasteiger partial charge in [0.25, 0.3) is 0 Å². The van der Waals surface area contributed by atoms with Crippen molar-refractivity contribution in [1.82, 2.24) is 9.80 Å². The van der Waals surface area contributed by atoms with Gasteiger partial charge in [0.05, 0.1) is 6.17 Å². The summed E-state index contributed by atoms with van der Waals surface area (Å²) in [6.07, 6.45) is 13.1. The van der Waals surface area contributed by atoms with Crippen LogP contribution in [-0.2, 0) is 0 Å². The molecule has 0 aromatic carbocycles. The number of rotatable bonds is 11. The highest BCUT2D eigenvalue weighted by molar-refractivity contribution is 7.80. The minimum Gasteiger partial charge on any atom is -0.290 e. The number of hydrogen-bond acceptors (Lipinski definition) is 3. The van der Waals surface area contributed by atoms with Gasteiger partial charge in [0, 0.05) is 13.1 Å². The smallest absolute Gasteiger partial charge is 0.0620 e. The largest absolute Gasteiger partial charge is 0.290 e. The fraction of sp³-hybridized carbons (Fsp3) is 1.00. The summed E-state index contributed by atoms with van der Waals surface area (Å²) in [6.45, 7) is 6.08. The molecule has 1 aliphatic rings. The van der Waals surface area contributed by atoms with Crippen molar-refractivity contribution in [2.75, 3.05) is 32.4 Å². The normalized spacial score (nSPS) is 21.3. The van der Waals surface area contributed by atoms with E-state index in [1.807, 2.05) is 0 Å². The number of thiol groups is 1. The molecule has 1 aliphatic heterocycles. The lowest BCUT2D eigenvalue weighted by molar-refractivity contribution is 0.144. The Morgan fingerprint density at radius 3 is 2.42 bits per heavy atom. The van der Waals surface area contributed by atoms with Crippen LogP contribution in [0.25, 0.3) is 0 Å². The maximum Gasteiger partial charge on any atom is 0.0620 e. The van der Waals surface area contributed by atoms with E-state index < -0.39 is 0 Å². The van der Waals surface area contributed by atoms with Gasteiger partial charge >= 0.3 is 0 Å². The van der Waals surface area contributed by atoms with Crippen LogP contribution in [0.2, 0.25) is 0 Å². The number of unbranched alkanes of at least 4 members (excludes halogenated alkanes) is 6. The molecule has 114 valence electrons. The summed E-state index contributed by atoms with van der Waals surface area (Å²) in [5, 5.41) is 0. The Morgan fingerprint density at radius 2 is 1.68 bits per heavy atom. The molecule has 0 N–H and O–H groups in total. The fourth-order valence-electron chi connectivity index (χ4n) is 3.06. The van der Waals surface area contributed by atoms with Gasteiger partial charge in [0.2, 0.25) is 0 Å². The Hall–Kier alpha value is 0.270. The number of hydrogen-bond donors (Lipinski definition) is 1. The summed E-state index contributed by atoms with van der Waals surface area (Å²) in [5.41, 5.74) is 0. The SMILES string of the molecule is CCCCCCCCC1N(C)CCN1CCCCS. The summed E-state index contributed by atoms with van der Waals surface area (Å²) in [5.74, 6) is 1.03. The zero-order chi connectivity index (χ0) is 13.9. The molecule has 1 heterocycles. The molecule has 1 rings (SSSR count). The molecule has 1 atom stereocenters. The van der Waals surface area contributed by atoms with E-state index in [2.05, 4.69) is 36.4 Å². The molecule has 19 heavy (non-hydrogen) atoms. The van der Waals surface area contributed by atoms with Gasteiger partial charge in [0.15, 0.2) is 0 Å². The number of likely N-dealkylation sites (N-methyl/N-ethyl adjacent to an activating group) is 1. The molecule has 0 bridgehead atoms. The van der Waals surface area contributed by atoms with Crippen molar-refractivity contribution in [2.24, 2.45) is 0 Å². The summed E-state index contributed by atoms with van der Waals surface area (Å²) in [6, 6.07) is 0. The van der Waals surface area contributed by atoms with Crippen LogP contribution in [0.1, 0.15) is 64.7 Å². The quantitative estimate of drug-likeness (QED) is 0.453. The van der Waals surface area contributed by atoms with Crippen LogP contribution in [0.15, 0.2) is 0 Å². The highest BCUT2D eigenvalue weighted by Gasteiger charge is 2.27. The summed E-state index contributed by atoms with van der Waals surface area (Å²) < 4.78 is 0. The van der Waals surface area contributed by atoms with Gasteiger partial charge in [-0.1, -0.05) is 45.4 Å². The van der Waals surface area contributed by atoms with E-state index in [-0.39, 0.29) is 0 Å². The Morgan fingerprint density at radius 1 is 0.947 bits per heavy atom. The van der Waals surface area contributed by atoms with Crippen LogP contribution in [-0.4, -0.2) is 48.4 Å². The third kappa shape index (κ3) is 7.01. The van der Waals surface area contributed by atoms with Crippen molar-refractivity contribution in [3.63, 3.8) is 0 Å². The molecule has 1 fully saturated rings. The Kier molecular flexibility index (Phi) is 10.0. The molecule has 0 amide bonds. The van der Waals surface area contributed by atoms with E-state index in [9.17, 15) is 0 Å². The van der Waals surface area contributed by atoms with Crippen LogP contribution in [0, 0.1) is 0 Å². The molecule has 1 unspecified atom stereocenters. The first-order valence-corrected chi connectivity index (χ1v) is 8.98. The van der Waals surface area contributed by atoms with E-state index in [0.29, 0.717) is 6.17 Å². The first kappa shape index (κ1) is 17.3. The van der Waals surface area contributed by atoms with Gasteiger partial charge in [-0.05, 0) is 38.6 Å². The maximum atomic E-state index is 4.31. The van der Waals surface area contributed by atoms with Gasteiger partial charge in [0.1, 0.15) is 0 Å². The molecule has 0 radical (unpaired) electrons. The van der Waals surface area contributed by atoms with E-state index in [1.165, 1.54) is 77.4 Å². The molecule has 0 aromatic rings. The summed E-state index contributed by atoms with van der Waals surface area (Å²) in [4.78, 5) is 5.24. The summed E-state index contributed by atoms with van der Waals surface area (Å²) in [7, 11) is 2.29. The summed E-state index contributed by atoms with van der Waals surface area (Å²) >= 11 is 4.31. The first-order valence-electron chi connectivity index (χ1n) is 8.34. The van der Waals surface area contributed by atoms with Crippen molar-refractivity contribution < 1.29 is 0 Å². The second kappa shape index (κ2) is 11.0. The highest BCUT2D eigenvalue weighted by Crippen LogP contribution is 2.20. The third-order valence-electron chi connectivity index (χ3n) is 4.34. The third-order valence-corrected chi connectivity index (χ3v) is 4.66. The molecule has 3 heteroatoms. The van der Waals surface area contributed by atoms with Gasteiger partial charge in [-0.3, -0.25) is 9.80 Å². The van der Waals surface area contributed by atoms with Gasteiger partial charge in [-0.25, -0.2) is 0 Å². The topological polar surface area (TPSA) is 6.48 Å². The molecule has 1 saturated heterocycles. The highest BCUT2D eigenvalue weighted by atomic mass is 32.1. The minimum absolute atomic E-state index is 0.714. The predicted octanol–water partition coefficient (Wildman–Crippen LogP) is 4.02. The Bertz CT molecular complexity index is 211. The average molecular weight is 287 g/mol. The maximum absolute atomic E-state index is 4.31. The van der Waals surface area contributed by atoms with Crippen LogP contribution in [0.5, 0.6) is 0 Å². The lowest BCUT2D eigenvalue weighted by Gasteiger charge is -2.28. The Labute approximate surface area is 126 Å². The standard InChI is InChI=1S/C16H34N2S/c1-3-4-5-6-7-8-11-16-17(2)13-14-18(16)12-9-10-15-19/h16,19H,3-15H2,1-2H3. The molecule has 0 saturated carbocycles. The fourth-order valence-corrected chi connectivity index (χ4v) is 3.28. The van der Waals surface area contributed by atoms with Crippen LogP contribution < -0.4 is 0 Å². The molecular weight excluding hydrogens is 252 g/mol. The number of nitrogens with zero attached hydrogens (tertiary/aromatic N) is 2. The van der Waals surface area contributed by atoms with Gasteiger partial charge < -0.3 is 0 Å². The molecule has 2 nitrogen and oxygen atoms in total. The van der Waals surface area contributed by atoms with Crippen molar-refractivity contribution in [1.29, 1.82) is 0 Å². The van der Waals surface area contributed by atoms with Crippen LogP contribution >= 0.6 is 12.6 Å². The lowest BCUT2D eigenvalue weighted by atomic mass is 10.1.